The topological polar surface area (TPSA) is 69.7 Å². The molecule has 0 saturated heterocycles. The molecule has 1 heterocycles. The second-order valence-electron chi connectivity index (χ2n) is 9.17. The van der Waals surface area contributed by atoms with Crippen LogP contribution in [0, 0.1) is 0 Å². The lowest BCUT2D eigenvalue weighted by Gasteiger charge is -2.30. The fraction of sp³-hybridized carbons (Fsp3) is 0.400. The van der Waals surface area contributed by atoms with Crippen LogP contribution in [-0.4, -0.2) is 30.3 Å². The molecule has 1 N–H and O–H groups in total. The van der Waals surface area contributed by atoms with Gasteiger partial charge >= 0.3 is 5.97 Å². The van der Waals surface area contributed by atoms with Crippen LogP contribution in [0.1, 0.15) is 61.8 Å². The molecule has 1 aliphatic rings. The predicted octanol–water partition coefficient (Wildman–Crippen LogP) is 6.27. The lowest BCUT2D eigenvalue weighted by Crippen LogP contribution is -2.22. The van der Waals surface area contributed by atoms with Crippen molar-refractivity contribution in [1.29, 1.82) is 0 Å². The van der Waals surface area contributed by atoms with Crippen molar-refractivity contribution in [3.05, 3.63) is 89.7 Å². The number of benzene rings is 2. The van der Waals surface area contributed by atoms with E-state index in [1.807, 2.05) is 55.6 Å². The van der Waals surface area contributed by atoms with E-state index in [0.717, 1.165) is 61.3 Å². The summed E-state index contributed by atoms with van der Waals surface area (Å²) in [5, 5.41) is 3.49. The molecule has 0 bridgehead atoms. The summed E-state index contributed by atoms with van der Waals surface area (Å²) >= 11 is 0. The molecule has 0 amide bonds. The van der Waals surface area contributed by atoms with Crippen molar-refractivity contribution >= 4 is 11.7 Å². The van der Waals surface area contributed by atoms with Crippen molar-refractivity contribution < 1.29 is 19.0 Å². The van der Waals surface area contributed by atoms with Gasteiger partial charge in [-0.1, -0.05) is 55.5 Å². The summed E-state index contributed by atoms with van der Waals surface area (Å²) in [7, 11) is 0. The van der Waals surface area contributed by atoms with Gasteiger partial charge in [-0.15, -0.1) is 0 Å². The van der Waals surface area contributed by atoms with Gasteiger partial charge in [-0.3, -0.25) is 4.98 Å². The number of aromatic nitrogens is 1. The van der Waals surface area contributed by atoms with Gasteiger partial charge in [0.1, 0.15) is 5.75 Å². The Hall–Kier alpha value is -3.38. The minimum atomic E-state index is -0.323. The lowest BCUT2D eigenvalue weighted by molar-refractivity contribution is -0.146. The molecule has 0 spiro atoms. The summed E-state index contributed by atoms with van der Waals surface area (Å²) in [5.41, 5.74) is 4.34. The van der Waals surface area contributed by atoms with Crippen LogP contribution in [0.4, 0.5) is 5.69 Å². The fourth-order valence-corrected chi connectivity index (χ4v) is 4.59. The molecule has 1 fully saturated rings. The molecule has 1 saturated carbocycles. The average Bonchev–Trinajstić information content (AvgIpc) is 2.94. The van der Waals surface area contributed by atoms with E-state index in [4.69, 9.17) is 14.2 Å². The normalized spacial score (nSPS) is 17.4. The quantitative estimate of drug-likeness (QED) is 0.303. The molecule has 6 nitrogen and oxygen atoms in total. The Balaban J connectivity index is 1.26. The van der Waals surface area contributed by atoms with E-state index in [2.05, 4.69) is 34.6 Å². The molecule has 6 heteroatoms. The number of rotatable bonds is 12. The average molecular weight is 489 g/mol. The van der Waals surface area contributed by atoms with Crippen LogP contribution in [0.2, 0.25) is 0 Å². The minimum absolute atomic E-state index is 0.0554. The Morgan fingerprint density at radius 2 is 1.75 bits per heavy atom. The van der Waals surface area contributed by atoms with Crippen molar-refractivity contribution in [3.8, 4) is 5.75 Å². The van der Waals surface area contributed by atoms with Crippen molar-refractivity contribution in [3.63, 3.8) is 0 Å². The van der Waals surface area contributed by atoms with Crippen LogP contribution in [0.3, 0.4) is 0 Å². The third-order valence-corrected chi connectivity index (χ3v) is 6.52. The van der Waals surface area contributed by atoms with Gasteiger partial charge in [-0.05, 0) is 67.3 Å². The Morgan fingerprint density at radius 1 is 0.972 bits per heavy atom. The van der Waals surface area contributed by atoms with Crippen molar-refractivity contribution in [2.24, 2.45) is 0 Å². The number of anilines is 1. The van der Waals surface area contributed by atoms with Gasteiger partial charge in [0.05, 0.1) is 30.7 Å². The highest BCUT2D eigenvalue weighted by Crippen LogP contribution is 2.38. The number of carbonyl (C=O) groups is 1. The van der Waals surface area contributed by atoms with E-state index in [-0.39, 0.29) is 18.7 Å². The molecule has 0 aliphatic heterocycles. The molecule has 0 atom stereocenters. The van der Waals surface area contributed by atoms with Gasteiger partial charge in [-0.25, -0.2) is 4.79 Å². The zero-order valence-corrected chi connectivity index (χ0v) is 21.0. The molecular formula is C30H36N2O4. The number of para-hydroxylation sites is 1. The first kappa shape index (κ1) is 25.7. The highest BCUT2D eigenvalue weighted by atomic mass is 16.6. The summed E-state index contributed by atoms with van der Waals surface area (Å²) in [4.78, 5) is 16.4. The smallest absolute Gasteiger partial charge is 0.344 e. The number of carbonyl (C=O) groups excluding carboxylic acids is 1. The van der Waals surface area contributed by atoms with Crippen LogP contribution in [0.5, 0.6) is 5.75 Å². The molecule has 3 aromatic rings. The van der Waals surface area contributed by atoms with Crippen LogP contribution >= 0.6 is 0 Å². The maximum absolute atomic E-state index is 11.9. The maximum atomic E-state index is 11.9. The van der Waals surface area contributed by atoms with Gasteiger partial charge < -0.3 is 19.5 Å². The Bertz CT molecular complexity index is 1080. The first-order valence-corrected chi connectivity index (χ1v) is 12.9. The van der Waals surface area contributed by atoms with Gasteiger partial charge in [0.25, 0.3) is 0 Å². The standard InChI is InChI=1S/C30H36N2O4/c1-2-19-34-30(33)22-36-29-13-7-6-11-26(29)24-14-16-25(17-15-24)35-21-28-27(12-8-18-31-28)32-20-23-9-4-3-5-10-23/h3-13,18,24-25,32H,2,14-17,19-22H2,1H3. The number of esters is 1. The van der Waals surface area contributed by atoms with E-state index in [1.165, 1.54) is 5.56 Å². The number of pyridine rings is 1. The van der Waals surface area contributed by atoms with Gasteiger partial charge in [-0.2, -0.15) is 0 Å². The first-order valence-electron chi connectivity index (χ1n) is 12.9. The van der Waals surface area contributed by atoms with Crippen molar-refractivity contribution in [1.82, 2.24) is 4.98 Å². The van der Waals surface area contributed by atoms with Gasteiger partial charge in [0, 0.05) is 12.7 Å². The number of ether oxygens (including phenoxy) is 3. The Morgan fingerprint density at radius 3 is 2.56 bits per heavy atom. The molecule has 2 aromatic carbocycles. The van der Waals surface area contributed by atoms with Crippen LogP contribution in [0.25, 0.3) is 0 Å². The second-order valence-corrected chi connectivity index (χ2v) is 9.17. The molecule has 36 heavy (non-hydrogen) atoms. The Kier molecular flexibility index (Phi) is 9.74. The SMILES string of the molecule is CCCOC(=O)COc1ccccc1C1CCC(OCc2ncccc2NCc2ccccc2)CC1. The molecule has 0 unspecified atom stereocenters. The first-order chi connectivity index (χ1) is 17.7. The molecule has 190 valence electrons. The minimum Gasteiger partial charge on any atom is -0.482 e. The summed E-state index contributed by atoms with van der Waals surface area (Å²) in [6, 6.07) is 22.4. The molecular weight excluding hydrogens is 452 g/mol. The van der Waals surface area contributed by atoms with E-state index in [0.29, 0.717) is 19.1 Å². The Labute approximate surface area is 214 Å². The molecule has 0 radical (unpaired) electrons. The molecule has 1 aromatic heterocycles. The van der Waals surface area contributed by atoms with E-state index in [9.17, 15) is 4.79 Å². The number of nitrogens with zero attached hydrogens (tertiary/aromatic N) is 1. The number of hydrogen-bond donors (Lipinski definition) is 1. The van der Waals surface area contributed by atoms with Gasteiger partial charge in [0.2, 0.25) is 0 Å². The summed E-state index contributed by atoms with van der Waals surface area (Å²) in [6.45, 7) is 3.59. The van der Waals surface area contributed by atoms with Crippen molar-refractivity contribution in [2.45, 2.75) is 64.2 Å². The zero-order valence-electron chi connectivity index (χ0n) is 21.0. The molecule has 1 aliphatic carbocycles. The van der Waals surface area contributed by atoms with E-state index in [1.54, 1.807) is 0 Å². The second kappa shape index (κ2) is 13.6. The summed E-state index contributed by atoms with van der Waals surface area (Å²) in [6.07, 6.45) is 6.84. The largest absolute Gasteiger partial charge is 0.482 e. The third kappa shape index (κ3) is 7.56. The summed E-state index contributed by atoms with van der Waals surface area (Å²) < 4.78 is 17.3. The fourth-order valence-electron chi connectivity index (χ4n) is 4.59. The number of hydrogen-bond acceptors (Lipinski definition) is 6. The lowest BCUT2D eigenvalue weighted by atomic mass is 9.82. The zero-order chi connectivity index (χ0) is 25.0. The monoisotopic (exact) mass is 488 g/mol. The highest BCUT2D eigenvalue weighted by molar-refractivity contribution is 5.71. The predicted molar refractivity (Wildman–Crippen MR) is 141 cm³/mol. The maximum Gasteiger partial charge on any atom is 0.344 e. The van der Waals surface area contributed by atoms with Crippen molar-refractivity contribution in [2.75, 3.05) is 18.5 Å². The van der Waals surface area contributed by atoms with E-state index >= 15 is 0 Å². The van der Waals surface area contributed by atoms with E-state index < -0.39 is 0 Å². The summed E-state index contributed by atoms with van der Waals surface area (Å²) in [5.74, 6) is 0.847. The highest BCUT2D eigenvalue weighted by Gasteiger charge is 2.25. The third-order valence-electron chi connectivity index (χ3n) is 6.52. The van der Waals surface area contributed by atoms with Gasteiger partial charge in [0.15, 0.2) is 6.61 Å². The van der Waals surface area contributed by atoms with Crippen LogP contribution in [-0.2, 0) is 27.4 Å². The number of nitrogens with one attached hydrogen (secondary N) is 1. The molecule has 4 rings (SSSR count). The van der Waals surface area contributed by atoms with Crippen LogP contribution < -0.4 is 10.1 Å². The van der Waals surface area contributed by atoms with Crippen LogP contribution in [0.15, 0.2) is 72.9 Å².